The highest BCUT2D eigenvalue weighted by atomic mass is 32.1. The Balaban J connectivity index is 1.56. The molecule has 1 unspecified atom stereocenters. The standard InChI is InChI=1S/C16H14F3N3S2/c17-16(18,19)13-9-23-14(21-13)10-4-3-7-22(8-10)15-20-11-5-1-2-6-12(11)24-15/h1-2,5-6,9-10H,3-4,7-8H2. The smallest absolute Gasteiger partial charge is 0.347 e. The van der Waals surface area contributed by atoms with E-state index in [0.717, 1.165) is 51.5 Å². The molecule has 1 aliphatic heterocycles. The number of para-hydroxylation sites is 1. The van der Waals surface area contributed by atoms with Gasteiger partial charge in [-0.2, -0.15) is 13.2 Å². The fraction of sp³-hybridized carbons (Fsp3) is 0.375. The monoisotopic (exact) mass is 369 g/mol. The Bertz CT molecular complexity index is 822. The van der Waals surface area contributed by atoms with Gasteiger partial charge in [-0.05, 0) is 25.0 Å². The molecule has 0 saturated carbocycles. The van der Waals surface area contributed by atoms with Crippen LogP contribution in [-0.2, 0) is 6.18 Å². The maximum atomic E-state index is 12.8. The number of thiazole rings is 2. The Morgan fingerprint density at radius 2 is 2.00 bits per heavy atom. The third-order valence-corrected chi connectivity index (χ3v) is 6.24. The number of fused-ring (bicyclic) bond motifs is 1. The number of halogens is 3. The van der Waals surface area contributed by atoms with Gasteiger partial charge in [-0.1, -0.05) is 23.5 Å². The fourth-order valence-corrected chi connectivity index (χ4v) is 4.91. The SMILES string of the molecule is FC(F)(F)c1csc(C2CCCN(c3nc4ccccc4s3)C2)n1. The van der Waals surface area contributed by atoms with Crippen LogP contribution in [0.2, 0.25) is 0 Å². The molecule has 0 radical (unpaired) electrons. The number of hydrogen-bond acceptors (Lipinski definition) is 5. The molecule has 2 aromatic heterocycles. The van der Waals surface area contributed by atoms with Gasteiger partial charge in [0.15, 0.2) is 10.8 Å². The second-order valence-corrected chi connectivity index (χ2v) is 7.72. The van der Waals surface area contributed by atoms with Crippen molar-refractivity contribution < 1.29 is 13.2 Å². The predicted octanol–water partition coefficient (Wildman–Crippen LogP) is 5.16. The van der Waals surface area contributed by atoms with Gasteiger partial charge in [0.1, 0.15) is 0 Å². The average molecular weight is 369 g/mol. The molecule has 24 heavy (non-hydrogen) atoms. The maximum Gasteiger partial charge on any atom is 0.434 e. The summed E-state index contributed by atoms with van der Waals surface area (Å²) < 4.78 is 39.4. The number of anilines is 1. The van der Waals surface area contributed by atoms with Crippen molar-refractivity contribution in [2.75, 3.05) is 18.0 Å². The molecule has 126 valence electrons. The largest absolute Gasteiger partial charge is 0.434 e. The summed E-state index contributed by atoms with van der Waals surface area (Å²) in [5.74, 6) is 0.0341. The summed E-state index contributed by atoms with van der Waals surface area (Å²) in [4.78, 5) is 10.7. The molecule has 4 rings (SSSR count). The van der Waals surface area contributed by atoms with Crippen molar-refractivity contribution in [2.45, 2.75) is 24.9 Å². The highest BCUT2D eigenvalue weighted by Crippen LogP contribution is 2.37. The first kappa shape index (κ1) is 15.8. The number of piperidine rings is 1. The van der Waals surface area contributed by atoms with Gasteiger partial charge in [0.25, 0.3) is 0 Å². The highest BCUT2D eigenvalue weighted by Gasteiger charge is 2.35. The zero-order valence-electron chi connectivity index (χ0n) is 12.6. The summed E-state index contributed by atoms with van der Waals surface area (Å²) in [6.07, 6.45) is -2.57. The molecule has 1 atom stereocenters. The van der Waals surface area contributed by atoms with Crippen LogP contribution >= 0.6 is 22.7 Å². The predicted molar refractivity (Wildman–Crippen MR) is 90.9 cm³/mol. The molecule has 3 nitrogen and oxygen atoms in total. The first-order chi connectivity index (χ1) is 11.5. The van der Waals surface area contributed by atoms with E-state index in [1.807, 2.05) is 24.3 Å². The van der Waals surface area contributed by atoms with Gasteiger partial charge in [0, 0.05) is 24.4 Å². The van der Waals surface area contributed by atoms with Crippen LogP contribution in [0.5, 0.6) is 0 Å². The molecule has 1 fully saturated rings. The van der Waals surface area contributed by atoms with E-state index in [-0.39, 0.29) is 5.92 Å². The van der Waals surface area contributed by atoms with Gasteiger partial charge in [-0.25, -0.2) is 9.97 Å². The molecular weight excluding hydrogens is 355 g/mol. The van der Waals surface area contributed by atoms with Crippen molar-refractivity contribution in [3.63, 3.8) is 0 Å². The number of benzene rings is 1. The molecule has 1 aromatic carbocycles. The van der Waals surface area contributed by atoms with Crippen LogP contribution < -0.4 is 4.90 Å². The number of rotatable bonds is 2. The average Bonchev–Trinajstić information content (AvgIpc) is 3.21. The van der Waals surface area contributed by atoms with Crippen LogP contribution in [0.3, 0.4) is 0 Å². The topological polar surface area (TPSA) is 29.0 Å². The van der Waals surface area contributed by atoms with Gasteiger partial charge in [-0.15, -0.1) is 11.3 Å². The van der Waals surface area contributed by atoms with E-state index in [9.17, 15) is 13.2 Å². The lowest BCUT2D eigenvalue weighted by Crippen LogP contribution is -2.34. The van der Waals surface area contributed by atoms with Crippen LogP contribution in [0.4, 0.5) is 18.3 Å². The molecule has 0 spiro atoms. The molecule has 1 saturated heterocycles. The summed E-state index contributed by atoms with van der Waals surface area (Å²) in [5, 5.41) is 2.63. The lowest BCUT2D eigenvalue weighted by Gasteiger charge is -2.31. The quantitative estimate of drug-likeness (QED) is 0.625. The molecule has 3 aromatic rings. The van der Waals surface area contributed by atoms with Crippen molar-refractivity contribution in [1.82, 2.24) is 9.97 Å². The number of nitrogens with zero attached hydrogens (tertiary/aromatic N) is 3. The number of hydrogen-bond donors (Lipinski definition) is 0. The van der Waals surface area contributed by atoms with Gasteiger partial charge in [0.2, 0.25) is 0 Å². The third kappa shape index (κ3) is 3.00. The van der Waals surface area contributed by atoms with Gasteiger partial charge >= 0.3 is 6.18 Å². The van der Waals surface area contributed by atoms with E-state index in [2.05, 4.69) is 14.9 Å². The van der Waals surface area contributed by atoms with Crippen molar-refractivity contribution in [3.8, 4) is 0 Å². The summed E-state index contributed by atoms with van der Waals surface area (Å²) in [6.45, 7) is 1.55. The normalized spacial score (nSPS) is 19.1. The Morgan fingerprint density at radius 3 is 2.75 bits per heavy atom. The van der Waals surface area contributed by atoms with Crippen LogP contribution in [0, 0.1) is 0 Å². The van der Waals surface area contributed by atoms with Crippen LogP contribution in [-0.4, -0.2) is 23.1 Å². The minimum Gasteiger partial charge on any atom is -0.347 e. The highest BCUT2D eigenvalue weighted by molar-refractivity contribution is 7.22. The first-order valence-corrected chi connectivity index (χ1v) is 9.33. The van der Waals surface area contributed by atoms with Gasteiger partial charge in [-0.3, -0.25) is 0 Å². The van der Waals surface area contributed by atoms with Crippen molar-refractivity contribution >= 4 is 38.0 Å². The molecule has 1 aliphatic rings. The minimum atomic E-state index is -4.36. The Labute approximate surface area is 144 Å². The molecule has 0 N–H and O–H groups in total. The fourth-order valence-electron chi connectivity index (χ4n) is 2.95. The maximum absolute atomic E-state index is 12.8. The summed E-state index contributed by atoms with van der Waals surface area (Å²) in [7, 11) is 0. The van der Waals surface area contributed by atoms with Crippen LogP contribution in [0.1, 0.15) is 29.5 Å². The van der Waals surface area contributed by atoms with Gasteiger partial charge in [0.05, 0.1) is 15.2 Å². The molecule has 0 bridgehead atoms. The molecular formula is C16H14F3N3S2. The van der Waals surface area contributed by atoms with E-state index < -0.39 is 11.9 Å². The van der Waals surface area contributed by atoms with E-state index in [1.165, 1.54) is 0 Å². The lowest BCUT2D eigenvalue weighted by atomic mass is 9.99. The van der Waals surface area contributed by atoms with Gasteiger partial charge < -0.3 is 4.90 Å². The van der Waals surface area contributed by atoms with Crippen molar-refractivity contribution in [3.05, 3.63) is 40.3 Å². The molecule has 0 amide bonds. The summed E-state index contributed by atoms with van der Waals surface area (Å²) in [6, 6.07) is 7.96. The van der Waals surface area contributed by atoms with Crippen molar-refractivity contribution in [1.29, 1.82) is 0 Å². The Kier molecular flexibility index (Phi) is 3.96. The Hall–Kier alpha value is -1.67. The van der Waals surface area contributed by atoms with Crippen LogP contribution in [0.15, 0.2) is 29.6 Å². The van der Waals surface area contributed by atoms with E-state index in [0.29, 0.717) is 11.6 Å². The first-order valence-electron chi connectivity index (χ1n) is 7.64. The number of alkyl halides is 3. The van der Waals surface area contributed by atoms with Crippen molar-refractivity contribution in [2.24, 2.45) is 0 Å². The Morgan fingerprint density at radius 1 is 1.17 bits per heavy atom. The third-order valence-electron chi connectivity index (χ3n) is 4.14. The second kappa shape index (κ2) is 6.00. The number of aromatic nitrogens is 2. The van der Waals surface area contributed by atoms with E-state index in [4.69, 9.17) is 0 Å². The van der Waals surface area contributed by atoms with E-state index >= 15 is 0 Å². The summed E-state index contributed by atoms with van der Waals surface area (Å²) >= 11 is 2.74. The zero-order valence-corrected chi connectivity index (χ0v) is 14.2. The van der Waals surface area contributed by atoms with Crippen LogP contribution in [0.25, 0.3) is 10.2 Å². The second-order valence-electron chi connectivity index (χ2n) is 5.82. The lowest BCUT2D eigenvalue weighted by molar-refractivity contribution is -0.140. The minimum absolute atomic E-state index is 0.0341. The summed E-state index contributed by atoms with van der Waals surface area (Å²) in [5.41, 5.74) is 0.188. The molecule has 3 heterocycles. The zero-order chi connectivity index (χ0) is 16.7. The molecule has 0 aliphatic carbocycles. The molecule has 8 heteroatoms. The van der Waals surface area contributed by atoms with E-state index in [1.54, 1.807) is 11.3 Å².